The van der Waals surface area contributed by atoms with Gasteiger partial charge in [-0.3, -0.25) is 0 Å². The lowest BCUT2D eigenvalue weighted by Crippen LogP contribution is -2.31. The molecule has 2 rings (SSSR count). The number of hydrogen-bond donors (Lipinski definition) is 0. The van der Waals surface area contributed by atoms with Crippen molar-refractivity contribution in [2.75, 3.05) is 0 Å². The highest BCUT2D eigenvalue weighted by Crippen LogP contribution is 2.16. The molecule has 1 radical (unpaired) electrons. The zero-order valence-electron chi connectivity index (χ0n) is 11.2. The molecule has 1 nitrogen and oxygen atoms in total. The van der Waals surface area contributed by atoms with E-state index < -0.39 is 8.80 Å². The van der Waals surface area contributed by atoms with Crippen LogP contribution in [0.5, 0.6) is 5.75 Å². The standard InChI is InChI=1S/C16H21OSi/c1-3-18(4-2)16-13-9-8-12-15(16)17-14-10-6-5-7-11-14/h5-10,12-14H,3-4,11H2,1-2H3. The molecule has 1 atom stereocenters. The van der Waals surface area contributed by atoms with Crippen LogP contribution in [0.15, 0.2) is 48.6 Å². The summed E-state index contributed by atoms with van der Waals surface area (Å²) in [5.41, 5.74) is 0. The molecule has 0 aromatic heterocycles. The van der Waals surface area contributed by atoms with Gasteiger partial charge >= 0.3 is 0 Å². The Morgan fingerprint density at radius 1 is 1.17 bits per heavy atom. The summed E-state index contributed by atoms with van der Waals surface area (Å²) in [5.74, 6) is 1.10. The predicted molar refractivity (Wildman–Crippen MR) is 80.1 cm³/mol. The normalized spacial score (nSPS) is 18.3. The summed E-state index contributed by atoms with van der Waals surface area (Å²) in [6.07, 6.45) is 9.64. The number of hydrogen-bond acceptors (Lipinski definition) is 1. The number of benzene rings is 1. The van der Waals surface area contributed by atoms with Crippen molar-refractivity contribution in [3.05, 3.63) is 48.6 Å². The highest BCUT2D eigenvalue weighted by atomic mass is 28.3. The minimum Gasteiger partial charge on any atom is -0.486 e. The minimum atomic E-state index is -0.447. The Morgan fingerprint density at radius 3 is 2.61 bits per heavy atom. The highest BCUT2D eigenvalue weighted by Gasteiger charge is 2.16. The van der Waals surface area contributed by atoms with Gasteiger partial charge in [-0.25, -0.2) is 0 Å². The fraction of sp³-hybridized carbons (Fsp3) is 0.375. The van der Waals surface area contributed by atoms with Crippen LogP contribution in [0.2, 0.25) is 12.1 Å². The average molecular weight is 257 g/mol. The van der Waals surface area contributed by atoms with Gasteiger partial charge in [0.25, 0.3) is 0 Å². The summed E-state index contributed by atoms with van der Waals surface area (Å²) in [5, 5.41) is 1.45. The van der Waals surface area contributed by atoms with E-state index in [1.54, 1.807) is 0 Å². The predicted octanol–water partition coefficient (Wildman–Crippen LogP) is 3.69. The van der Waals surface area contributed by atoms with Crippen molar-refractivity contribution in [3.63, 3.8) is 0 Å². The van der Waals surface area contributed by atoms with Crippen LogP contribution in [0.4, 0.5) is 0 Å². The molecular formula is C16H21OSi. The first kappa shape index (κ1) is 13.2. The van der Waals surface area contributed by atoms with E-state index in [0.717, 1.165) is 12.2 Å². The SMILES string of the molecule is CC[Si](CC)c1ccccc1OC1C=CC=CC1. The van der Waals surface area contributed by atoms with Crippen LogP contribution >= 0.6 is 0 Å². The van der Waals surface area contributed by atoms with Crippen molar-refractivity contribution in [1.82, 2.24) is 0 Å². The van der Waals surface area contributed by atoms with Crippen molar-refractivity contribution in [2.45, 2.75) is 38.5 Å². The Labute approximate surface area is 112 Å². The summed E-state index contributed by atoms with van der Waals surface area (Å²) in [7, 11) is -0.447. The second kappa shape index (κ2) is 6.60. The van der Waals surface area contributed by atoms with E-state index in [2.05, 4.69) is 62.4 Å². The molecule has 0 bridgehead atoms. The van der Waals surface area contributed by atoms with Gasteiger partial charge in [-0.2, -0.15) is 0 Å². The van der Waals surface area contributed by atoms with Crippen LogP contribution in [-0.4, -0.2) is 14.9 Å². The second-order valence-electron chi connectivity index (χ2n) is 4.51. The molecule has 0 saturated carbocycles. The van der Waals surface area contributed by atoms with Gasteiger partial charge in [-0.15, -0.1) is 0 Å². The maximum Gasteiger partial charge on any atom is 0.121 e. The number of allylic oxidation sites excluding steroid dienone is 2. The average Bonchev–Trinajstić information content (AvgIpc) is 2.43. The van der Waals surface area contributed by atoms with Crippen molar-refractivity contribution in [3.8, 4) is 5.75 Å². The maximum atomic E-state index is 6.16. The Kier molecular flexibility index (Phi) is 4.82. The van der Waals surface area contributed by atoms with Gasteiger partial charge in [0.1, 0.15) is 11.9 Å². The maximum absolute atomic E-state index is 6.16. The minimum absolute atomic E-state index is 0.202. The fourth-order valence-corrected chi connectivity index (χ4v) is 4.39. The molecule has 1 aromatic carbocycles. The number of ether oxygens (including phenoxy) is 1. The zero-order chi connectivity index (χ0) is 12.8. The molecule has 0 heterocycles. The van der Waals surface area contributed by atoms with Crippen LogP contribution in [0.1, 0.15) is 20.3 Å². The first-order chi connectivity index (χ1) is 8.85. The molecule has 0 saturated heterocycles. The van der Waals surface area contributed by atoms with E-state index in [1.165, 1.54) is 17.3 Å². The molecule has 2 heteroatoms. The molecule has 95 valence electrons. The Balaban J connectivity index is 2.16. The smallest absolute Gasteiger partial charge is 0.121 e. The van der Waals surface area contributed by atoms with Crippen LogP contribution < -0.4 is 9.92 Å². The Hall–Kier alpha value is -1.28. The third-order valence-electron chi connectivity index (χ3n) is 3.34. The van der Waals surface area contributed by atoms with E-state index >= 15 is 0 Å². The summed E-state index contributed by atoms with van der Waals surface area (Å²) in [6.45, 7) is 4.58. The number of rotatable bonds is 5. The Morgan fingerprint density at radius 2 is 1.94 bits per heavy atom. The molecule has 0 N–H and O–H groups in total. The molecule has 0 amide bonds. The van der Waals surface area contributed by atoms with Gasteiger partial charge in [0.15, 0.2) is 0 Å². The first-order valence-electron chi connectivity index (χ1n) is 6.79. The quantitative estimate of drug-likeness (QED) is 0.731. The van der Waals surface area contributed by atoms with Crippen LogP contribution in [0.3, 0.4) is 0 Å². The lowest BCUT2D eigenvalue weighted by molar-refractivity contribution is 0.253. The van der Waals surface area contributed by atoms with E-state index in [4.69, 9.17) is 4.74 Å². The summed E-state index contributed by atoms with van der Waals surface area (Å²) in [6, 6.07) is 11.1. The van der Waals surface area contributed by atoms with E-state index in [-0.39, 0.29) is 6.10 Å². The largest absolute Gasteiger partial charge is 0.486 e. The van der Waals surface area contributed by atoms with Gasteiger partial charge in [0.2, 0.25) is 0 Å². The van der Waals surface area contributed by atoms with E-state index in [1.807, 2.05) is 0 Å². The monoisotopic (exact) mass is 257 g/mol. The summed E-state index contributed by atoms with van der Waals surface area (Å²) < 4.78 is 6.16. The fourth-order valence-electron chi connectivity index (χ4n) is 2.30. The molecule has 1 unspecified atom stereocenters. The van der Waals surface area contributed by atoms with Crippen LogP contribution in [0.25, 0.3) is 0 Å². The van der Waals surface area contributed by atoms with Gasteiger partial charge in [0.05, 0.1) is 8.80 Å². The highest BCUT2D eigenvalue weighted by molar-refractivity contribution is 6.73. The third kappa shape index (κ3) is 3.14. The lowest BCUT2D eigenvalue weighted by Gasteiger charge is -2.21. The van der Waals surface area contributed by atoms with Gasteiger partial charge in [-0.1, -0.05) is 62.4 Å². The van der Waals surface area contributed by atoms with Crippen molar-refractivity contribution >= 4 is 14.0 Å². The van der Waals surface area contributed by atoms with Gasteiger partial charge in [0, 0.05) is 6.42 Å². The molecule has 0 aliphatic heterocycles. The second-order valence-corrected chi connectivity index (χ2v) is 7.67. The topological polar surface area (TPSA) is 9.23 Å². The van der Waals surface area contributed by atoms with Crippen LogP contribution in [-0.2, 0) is 0 Å². The molecule has 1 aliphatic rings. The zero-order valence-corrected chi connectivity index (χ0v) is 12.2. The molecule has 18 heavy (non-hydrogen) atoms. The molecule has 1 aliphatic carbocycles. The lowest BCUT2D eigenvalue weighted by atomic mass is 10.1. The first-order valence-corrected chi connectivity index (χ1v) is 8.70. The van der Waals surface area contributed by atoms with E-state index in [9.17, 15) is 0 Å². The van der Waals surface area contributed by atoms with Crippen molar-refractivity contribution < 1.29 is 4.74 Å². The van der Waals surface area contributed by atoms with Crippen molar-refractivity contribution in [2.24, 2.45) is 0 Å². The van der Waals surface area contributed by atoms with E-state index in [0.29, 0.717) is 0 Å². The molecular weight excluding hydrogens is 236 g/mol. The van der Waals surface area contributed by atoms with Crippen molar-refractivity contribution in [1.29, 1.82) is 0 Å². The number of para-hydroxylation sites is 1. The van der Waals surface area contributed by atoms with Gasteiger partial charge in [-0.05, 0) is 17.3 Å². The van der Waals surface area contributed by atoms with Gasteiger partial charge < -0.3 is 4.74 Å². The molecule has 0 fully saturated rings. The van der Waals surface area contributed by atoms with Crippen LogP contribution in [0, 0.1) is 0 Å². The molecule has 1 aromatic rings. The molecule has 0 spiro atoms. The summed E-state index contributed by atoms with van der Waals surface area (Å²) >= 11 is 0. The Bertz CT molecular complexity index is 432. The third-order valence-corrected chi connectivity index (χ3v) is 6.22. The summed E-state index contributed by atoms with van der Waals surface area (Å²) in [4.78, 5) is 0.